The molecule has 16 rings (SSSR count). The number of hydrogen-bond donors (Lipinski definition) is 0. The first-order chi connectivity index (χ1) is 43.6. The Kier molecular flexibility index (Phi) is 13.1. The standard InChI is InChI=1S/C82H54N6/c1-5-21-59(22-6-1)67-29-13-15-31-69(67)71-53-75-76(54-72(71)70-32-16-14-30-68(70)60-23-7-2-8-24-60)84-80(62-47-39-56(40-48-62)58-43-51-64(52-44-58)82-86-74-34-18-20-36-78(74)88(82)66-27-11-4-12-28-66)79(83-75)61-45-37-55(38-46-61)57-41-49-63(50-42-57)81-85-73-33-17-19-35-77(73)87(81)65-25-9-3-10-26-65/h1-54H. The maximum absolute atomic E-state index is 5.71. The number of benzene rings is 13. The second-order valence-corrected chi connectivity index (χ2v) is 22.1. The summed E-state index contributed by atoms with van der Waals surface area (Å²) in [6.07, 6.45) is 0. The van der Waals surface area contributed by atoms with Crippen molar-refractivity contribution in [3.63, 3.8) is 0 Å². The molecular formula is C82H54N6. The van der Waals surface area contributed by atoms with Crippen molar-refractivity contribution in [2.45, 2.75) is 0 Å². The van der Waals surface area contributed by atoms with Gasteiger partial charge in [0, 0.05) is 33.6 Å². The Balaban J connectivity index is 0.818. The van der Waals surface area contributed by atoms with Crippen molar-refractivity contribution >= 4 is 33.1 Å². The van der Waals surface area contributed by atoms with Gasteiger partial charge in [-0.1, -0.05) is 267 Å². The van der Waals surface area contributed by atoms with Gasteiger partial charge in [-0.15, -0.1) is 0 Å². The SMILES string of the molecule is c1ccc(-c2ccccc2-c2cc3nc(-c4ccc(-c5ccc(-c6nc7ccccc7n6-c6ccccc6)cc5)cc4)c(-c4ccc(-c5ccc(-c6nc7ccccc7n6-c6ccccc6)cc5)cc4)nc3cc2-c2ccccc2-c2ccccc2)cc1. The summed E-state index contributed by atoms with van der Waals surface area (Å²) in [6.45, 7) is 0. The van der Waals surface area contributed by atoms with Gasteiger partial charge in [-0.25, -0.2) is 19.9 Å². The van der Waals surface area contributed by atoms with Crippen LogP contribution in [0.15, 0.2) is 328 Å². The van der Waals surface area contributed by atoms with Crippen LogP contribution in [0, 0.1) is 0 Å². The van der Waals surface area contributed by atoms with Crippen molar-refractivity contribution in [2.75, 3.05) is 0 Å². The van der Waals surface area contributed by atoms with Crippen LogP contribution in [0.2, 0.25) is 0 Å². The van der Waals surface area contributed by atoms with E-state index in [1.54, 1.807) is 0 Å². The molecule has 0 aliphatic rings. The van der Waals surface area contributed by atoms with E-state index >= 15 is 0 Å². The van der Waals surface area contributed by atoms with Gasteiger partial charge < -0.3 is 0 Å². The van der Waals surface area contributed by atoms with Crippen LogP contribution in [0.3, 0.4) is 0 Å². The van der Waals surface area contributed by atoms with Crippen molar-refractivity contribution in [2.24, 2.45) is 0 Å². The molecule has 0 spiro atoms. The van der Waals surface area contributed by atoms with Gasteiger partial charge in [0.25, 0.3) is 0 Å². The van der Waals surface area contributed by atoms with Crippen molar-refractivity contribution in [1.29, 1.82) is 0 Å². The second-order valence-electron chi connectivity index (χ2n) is 22.1. The number of aromatic nitrogens is 6. The lowest BCUT2D eigenvalue weighted by Crippen LogP contribution is -1.98. The molecule has 0 bridgehead atoms. The average Bonchev–Trinajstić information content (AvgIpc) is 1.36. The van der Waals surface area contributed by atoms with E-state index < -0.39 is 0 Å². The molecule has 0 amide bonds. The normalized spacial score (nSPS) is 11.4. The van der Waals surface area contributed by atoms with Gasteiger partial charge in [0.05, 0.1) is 44.5 Å². The number of imidazole rings is 2. The van der Waals surface area contributed by atoms with Crippen LogP contribution in [-0.2, 0) is 0 Å². The van der Waals surface area contributed by atoms with Gasteiger partial charge in [-0.3, -0.25) is 9.13 Å². The molecule has 0 saturated heterocycles. The lowest BCUT2D eigenvalue weighted by Gasteiger charge is -2.19. The summed E-state index contributed by atoms with van der Waals surface area (Å²) in [5, 5.41) is 0. The van der Waals surface area contributed by atoms with E-state index in [0.29, 0.717) is 0 Å². The molecule has 0 unspecified atom stereocenters. The maximum atomic E-state index is 5.71. The van der Waals surface area contributed by atoms with E-state index in [2.05, 4.69) is 312 Å². The van der Waals surface area contributed by atoms with Crippen molar-refractivity contribution in [1.82, 2.24) is 29.1 Å². The van der Waals surface area contributed by atoms with E-state index in [0.717, 1.165) is 157 Å². The molecule has 0 atom stereocenters. The zero-order valence-electron chi connectivity index (χ0n) is 47.9. The van der Waals surface area contributed by atoms with Crippen LogP contribution in [-0.4, -0.2) is 29.1 Å². The Labute approximate surface area is 510 Å². The summed E-state index contributed by atoms with van der Waals surface area (Å²) in [5.41, 5.74) is 26.8. The Hall–Kier alpha value is -11.9. The molecule has 6 nitrogen and oxygen atoms in total. The minimum atomic E-state index is 0.798. The van der Waals surface area contributed by atoms with Gasteiger partial charge in [0.15, 0.2) is 0 Å². The number of fused-ring (bicyclic) bond motifs is 3. The summed E-state index contributed by atoms with van der Waals surface area (Å²) >= 11 is 0. The minimum absolute atomic E-state index is 0.798. The molecule has 0 aliphatic heterocycles. The fraction of sp³-hybridized carbons (Fsp3) is 0. The number of rotatable bonds is 12. The molecule has 13 aromatic carbocycles. The third-order valence-corrected chi connectivity index (χ3v) is 16.8. The van der Waals surface area contributed by atoms with Gasteiger partial charge in [0.2, 0.25) is 0 Å². The van der Waals surface area contributed by atoms with E-state index in [1.807, 2.05) is 24.3 Å². The van der Waals surface area contributed by atoms with Gasteiger partial charge in [-0.2, -0.15) is 0 Å². The van der Waals surface area contributed by atoms with Crippen molar-refractivity contribution in [3.05, 3.63) is 328 Å². The van der Waals surface area contributed by atoms with Crippen LogP contribution in [0.4, 0.5) is 0 Å². The predicted octanol–water partition coefficient (Wildman–Crippen LogP) is 21.0. The molecule has 88 heavy (non-hydrogen) atoms. The highest BCUT2D eigenvalue weighted by atomic mass is 15.1. The van der Waals surface area contributed by atoms with Gasteiger partial charge in [0.1, 0.15) is 11.6 Å². The van der Waals surface area contributed by atoms with Crippen LogP contribution < -0.4 is 0 Å². The zero-order chi connectivity index (χ0) is 58.3. The van der Waals surface area contributed by atoms with E-state index in [1.165, 1.54) is 0 Å². The minimum Gasteiger partial charge on any atom is -0.292 e. The number of para-hydroxylation sites is 6. The lowest BCUT2D eigenvalue weighted by molar-refractivity contribution is 1.10. The number of nitrogens with zero attached hydrogens (tertiary/aromatic N) is 6. The summed E-state index contributed by atoms with van der Waals surface area (Å²) in [6, 6.07) is 116. The molecule has 0 aliphatic carbocycles. The van der Waals surface area contributed by atoms with Crippen LogP contribution in [0.1, 0.15) is 0 Å². The molecule has 6 heteroatoms. The number of hydrogen-bond acceptors (Lipinski definition) is 4. The quantitative estimate of drug-likeness (QED) is 0.122. The highest BCUT2D eigenvalue weighted by molar-refractivity contribution is 6.02. The summed E-state index contributed by atoms with van der Waals surface area (Å²) in [7, 11) is 0. The van der Waals surface area contributed by atoms with Crippen LogP contribution in [0.25, 0.3) is 157 Å². The Bertz CT molecular complexity index is 4860. The second kappa shape index (κ2) is 22.3. The molecule has 0 radical (unpaired) electrons. The first-order valence-corrected chi connectivity index (χ1v) is 29.8. The third kappa shape index (κ3) is 9.52. The topological polar surface area (TPSA) is 61.4 Å². The lowest BCUT2D eigenvalue weighted by atomic mass is 9.86. The third-order valence-electron chi connectivity index (χ3n) is 16.8. The molecule has 3 heterocycles. The van der Waals surface area contributed by atoms with E-state index in [-0.39, 0.29) is 0 Å². The average molecular weight is 1120 g/mol. The highest BCUT2D eigenvalue weighted by Crippen LogP contribution is 2.45. The highest BCUT2D eigenvalue weighted by Gasteiger charge is 2.22. The van der Waals surface area contributed by atoms with E-state index in [4.69, 9.17) is 19.9 Å². The Morgan fingerprint density at radius 3 is 0.830 bits per heavy atom. The van der Waals surface area contributed by atoms with Crippen LogP contribution in [0.5, 0.6) is 0 Å². The molecule has 3 aromatic heterocycles. The fourth-order valence-corrected chi connectivity index (χ4v) is 12.5. The van der Waals surface area contributed by atoms with Crippen molar-refractivity contribution < 1.29 is 0 Å². The van der Waals surface area contributed by atoms with Gasteiger partial charge in [-0.05, 0) is 127 Å². The Morgan fingerprint density at radius 1 is 0.182 bits per heavy atom. The first-order valence-electron chi connectivity index (χ1n) is 29.8. The summed E-state index contributed by atoms with van der Waals surface area (Å²) in [4.78, 5) is 21.7. The van der Waals surface area contributed by atoms with E-state index in [9.17, 15) is 0 Å². The summed E-state index contributed by atoms with van der Waals surface area (Å²) in [5.74, 6) is 1.80. The van der Waals surface area contributed by atoms with Crippen molar-refractivity contribution in [3.8, 4) is 123 Å². The monoisotopic (exact) mass is 1120 g/mol. The zero-order valence-corrected chi connectivity index (χ0v) is 47.9. The maximum Gasteiger partial charge on any atom is 0.145 e. The molecule has 16 aromatic rings. The first kappa shape index (κ1) is 51.8. The Morgan fingerprint density at radius 2 is 0.466 bits per heavy atom. The molecular weight excluding hydrogens is 1070 g/mol. The molecule has 412 valence electrons. The fourth-order valence-electron chi connectivity index (χ4n) is 12.5. The largest absolute Gasteiger partial charge is 0.292 e. The summed E-state index contributed by atoms with van der Waals surface area (Å²) < 4.78 is 4.49. The molecule has 0 N–H and O–H groups in total. The predicted molar refractivity (Wildman–Crippen MR) is 363 cm³/mol. The van der Waals surface area contributed by atoms with Crippen LogP contribution >= 0.6 is 0 Å². The smallest absolute Gasteiger partial charge is 0.145 e. The van der Waals surface area contributed by atoms with Gasteiger partial charge >= 0.3 is 0 Å². The molecule has 0 saturated carbocycles. The molecule has 0 fully saturated rings.